The van der Waals surface area contributed by atoms with Crippen molar-refractivity contribution in [3.63, 3.8) is 0 Å². The van der Waals surface area contributed by atoms with E-state index in [4.69, 9.17) is 0 Å². The molecule has 0 atom stereocenters. The van der Waals surface area contributed by atoms with E-state index in [0.29, 0.717) is 11.7 Å². The highest BCUT2D eigenvalue weighted by atomic mass is 16.1. The van der Waals surface area contributed by atoms with E-state index in [0.717, 1.165) is 37.9 Å². The maximum absolute atomic E-state index is 10.1. The number of carbonyl (C=O) groups excluding carboxylic acids is 1. The maximum Gasteiger partial charge on any atom is 0.133 e. The molecule has 29 heavy (non-hydrogen) atoms. The number of rotatable bonds is 5. The average molecular weight is 395 g/mol. The summed E-state index contributed by atoms with van der Waals surface area (Å²) < 4.78 is 0. The minimum Gasteiger partial charge on any atom is -0.316 e. The predicted octanol–water partition coefficient (Wildman–Crippen LogP) is 5.31. The summed E-state index contributed by atoms with van der Waals surface area (Å²) in [5.41, 5.74) is 2.76. The van der Waals surface area contributed by atoms with Crippen LogP contribution in [0.4, 0.5) is 0 Å². The number of hydrogen-bond donors (Lipinski definition) is 1. The van der Waals surface area contributed by atoms with Crippen LogP contribution in [0, 0.1) is 11.8 Å². The van der Waals surface area contributed by atoms with Crippen LogP contribution in [0.1, 0.15) is 50.7 Å². The Hall–Kier alpha value is -1.97. The molecular weight excluding hydrogens is 356 g/mol. The molecule has 3 heteroatoms. The Bertz CT molecular complexity index is 687. The third-order valence-electron chi connectivity index (χ3n) is 5.62. The summed E-state index contributed by atoms with van der Waals surface area (Å²) in [6.07, 6.45) is 4.42. The van der Waals surface area contributed by atoms with E-state index >= 15 is 0 Å². The van der Waals surface area contributed by atoms with Gasteiger partial charge in [0, 0.05) is 32.0 Å². The van der Waals surface area contributed by atoms with Crippen molar-refractivity contribution in [1.82, 2.24) is 10.2 Å². The van der Waals surface area contributed by atoms with E-state index in [-0.39, 0.29) is 0 Å². The second-order valence-corrected chi connectivity index (χ2v) is 8.70. The summed E-state index contributed by atoms with van der Waals surface area (Å²) >= 11 is 0. The van der Waals surface area contributed by atoms with Crippen molar-refractivity contribution in [2.24, 2.45) is 11.8 Å². The molecule has 1 N–H and O–H groups in total. The van der Waals surface area contributed by atoms with Crippen molar-refractivity contribution >= 4 is 5.78 Å². The predicted molar refractivity (Wildman–Crippen MR) is 123 cm³/mol. The van der Waals surface area contributed by atoms with Crippen molar-refractivity contribution in [3.05, 3.63) is 71.8 Å². The van der Waals surface area contributed by atoms with Gasteiger partial charge in [-0.05, 0) is 49.9 Å². The third-order valence-corrected chi connectivity index (χ3v) is 5.62. The van der Waals surface area contributed by atoms with Gasteiger partial charge in [0.2, 0.25) is 0 Å². The van der Waals surface area contributed by atoms with E-state index in [2.05, 4.69) is 73.6 Å². The van der Waals surface area contributed by atoms with Gasteiger partial charge in [0.1, 0.15) is 5.78 Å². The Labute approximate surface area is 177 Å². The van der Waals surface area contributed by atoms with Crippen LogP contribution in [0.3, 0.4) is 0 Å². The first-order valence-corrected chi connectivity index (χ1v) is 10.9. The van der Waals surface area contributed by atoms with Crippen LogP contribution >= 0.6 is 0 Å². The molecule has 2 saturated carbocycles. The van der Waals surface area contributed by atoms with Gasteiger partial charge >= 0.3 is 0 Å². The lowest BCUT2D eigenvalue weighted by Gasteiger charge is -2.39. The highest BCUT2D eigenvalue weighted by molar-refractivity contribution is 5.84. The molecule has 0 spiro atoms. The Morgan fingerprint density at radius 2 is 1.38 bits per heavy atom. The normalized spacial score (nSPS) is 20.5. The van der Waals surface area contributed by atoms with Crippen molar-refractivity contribution in [2.75, 3.05) is 14.1 Å². The number of ketones is 1. The summed E-state index contributed by atoms with van der Waals surface area (Å²) in [7, 11) is 4.19. The molecule has 2 aromatic rings. The minimum atomic E-state index is 0.433. The minimum absolute atomic E-state index is 0.433. The SMILES string of the molecule is CC1CC(=O)C1.CC1CC(N(C)Cc2ccccc2)C1.CNCc1ccccc1. The second-order valence-electron chi connectivity index (χ2n) is 8.70. The maximum atomic E-state index is 10.1. The van der Waals surface area contributed by atoms with Gasteiger partial charge in [-0.25, -0.2) is 0 Å². The van der Waals surface area contributed by atoms with Crippen LogP contribution in [-0.2, 0) is 17.9 Å². The Morgan fingerprint density at radius 3 is 1.76 bits per heavy atom. The van der Waals surface area contributed by atoms with E-state index in [1.54, 1.807) is 0 Å². The lowest BCUT2D eigenvalue weighted by molar-refractivity contribution is -0.126. The molecule has 2 aliphatic rings. The van der Waals surface area contributed by atoms with Crippen molar-refractivity contribution in [1.29, 1.82) is 0 Å². The standard InChI is InChI=1S/C13H19N.C8H11N.C5H8O/c1-11-8-13(9-11)14(2)10-12-6-4-3-5-7-12;1-9-7-8-5-3-2-4-6-8;1-4-2-5(6)3-4/h3-7,11,13H,8-10H2,1-2H3;2-6,9H,7H2,1H3;4H,2-3H2,1H3. The van der Waals surface area contributed by atoms with E-state index in [9.17, 15) is 4.79 Å². The van der Waals surface area contributed by atoms with E-state index in [1.807, 2.05) is 25.2 Å². The van der Waals surface area contributed by atoms with Gasteiger partial charge in [-0.3, -0.25) is 9.69 Å². The third kappa shape index (κ3) is 8.93. The van der Waals surface area contributed by atoms with Gasteiger partial charge in [0.25, 0.3) is 0 Å². The first-order valence-electron chi connectivity index (χ1n) is 10.9. The molecule has 0 unspecified atom stereocenters. The number of hydrogen-bond acceptors (Lipinski definition) is 3. The summed E-state index contributed by atoms with van der Waals surface area (Å²) in [4.78, 5) is 12.6. The van der Waals surface area contributed by atoms with Gasteiger partial charge < -0.3 is 5.32 Å². The molecule has 3 nitrogen and oxygen atoms in total. The van der Waals surface area contributed by atoms with E-state index in [1.165, 1.54) is 24.0 Å². The van der Waals surface area contributed by atoms with Gasteiger partial charge in [0.05, 0.1) is 0 Å². The summed E-state index contributed by atoms with van der Waals surface area (Å²) in [6.45, 7) is 6.49. The zero-order chi connectivity index (χ0) is 21.1. The summed E-state index contributed by atoms with van der Waals surface area (Å²) in [5, 5.41) is 3.08. The van der Waals surface area contributed by atoms with Crippen LogP contribution < -0.4 is 5.32 Å². The van der Waals surface area contributed by atoms with Crippen LogP contribution in [0.2, 0.25) is 0 Å². The Morgan fingerprint density at radius 1 is 0.862 bits per heavy atom. The van der Waals surface area contributed by atoms with Crippen molar-refractivity contribution in [3.8, 4) is 0 Å². The molecule has 0 aromatic heterocycles. The first-order chi connectivity index (χ1) is 14.0. The Balaban J connectivity index is 0.000000171. The van der Waals surface area contributed by atoms with Crippen LogP contribution in [0.5, 0.6) is 0 Å². The number of carbonyl (C=O) groups is 1. The fourth-order valence-corrected chi connectivity index (χ4v) is 3.74. The van der Waals surface area contributed by atoms with Crippen LogP contribution in [0.25, 0.3) is 0 Å². The molecule has 2 aliphatic carbocycles. The highest BCUT2D eigenvalue weighted by Crippen LogP contribution is 2.30. The fourth-order valence-electron chi connectivity index (χ4n) is 3.74. The Kier molecular flexibility index (Phi) is 10.1. The molecule has 0 heterocycles. The fraction of sp³-hybridized carbons (Fsp3) is 0.500. The van der Waals surface area contributed by atoms with Gasteiger partial charge in [-0.15, -0.1) is 0 Å². The molecule has 0 radical (unpaired) electrons. The largest absolute Gasteiger partial charge is 0.316 e. The molecule has 2 aromatic carbocycles. The molecule has 4 rings (SSSR count). The van der Waals surface area contributed by atoms with E-state index < -0.39 is 0 Å². The lowest BCUT2D eigenvalue weighted by atomic mass is 9.81. The number of nitrogens with zero attached hydrogens (tertiary/aromatic N) is 1. The second kappa shape index (κ2) is 12.6. The highest BCUT2D eigenvalue weighted by Gasteiger charge is 2.28. The zero-order valence-electron chi connectivity index (χ0n) is 18.6. The number of Topliss-reactive ketones (excluding diaryl/α,β-unsaturated/α-hetero) is 1. The van der Waals surface area contributed by atoms with Gasteiger partial charge in [-0.2, -0.15) is 0 Å². The molecule has 158 valence electrons. The van der Waals surface area contributed by atoms with Crippen molar-refractivity contribution in [2.45, 2.75) is 58.7 Å². The van der Waals surface area contributed by atoms with Crippen LogP contribution in [-0.4, -0.2) is 30.8 Å². The average Bonchev–Trinajstić information content (AvgIpc) is 2.67. The number of benzene rings is 2. The van der Waals surface area contributed by atoms with Gasteiger partial charge in [0.15, 0.2) is 0 Å². The summed E-state index contributed by atoms with van der Waals surface area (Å²) in [5.74, 6) is 2.07. The van der Waals surface area contributed by atoms with Crippen molar-refractivity contribution < 1.29 is 4.79 Å². The number of nitrogens with one attached hydrogen (secondary N) is 1. The molecule has 0 aliphatic heterocycles. The molecule has 0 amide bonds. The van der Waals surface area contributed by atoms with Crippen LogP contribution in [0.15, 0.2) is 60.7 Å². The molecular formula is C26H38N2O. The first kappa shape index (κ1) is 23.3. The monoisotopic (exact) mass is 394 g/mol. The molecule has 0 bridgehead atoms. The lowest BCUT2D eigenvalue weighted by Crippen LogP contribution is -2.40. The molecule has 2 fully saturated rings. The zero-order valence-corrected chi connectivity index (χ0v) is 18.6. The topological polar surface area (TPSA) is 32.3 Å². The smallest absolute Gasteiger partial charge is 0.133 e. The quantitative estimate of drug-likeness (QED) is 0.746. The van der Waals surface area contributed by atoms with Gasteiger partial charge in [-0.1, -0.05) is 74.5 Å². The summed E-state index contributed by atoms with van der Waals surface area (Å²) in [6, 6.07) is 21.9. The molecule has 0 saturated heterocycles.